The fourth-order valence-electron chi connectivity index (χ4n) is 1.26. The molecule has 2 aromatic heterocycles. The molecule has 82 valence electrons. The standard InChI is InChI=1S/C10H10N4O2/c1-6-9(7(2)16-14-6)13-10(15)8-3-11-5-12-4-8/h3-5H,1-2H3,(H,13,15). The number of anilines is 1. The van der Waals surface area contributed by atoms with Crippen LogP contribution in [0.3, 0.4) is 0 Å². The van der Waals surface area contributed by atoms with Crippen LogP contribution in [0.25, 0.3) is 0 Å². The third-order valence-corrected chi connectivity index (χ3v) is 2.09. The van der Waals surface area contributed by atoms with Gasteiger partial charge in [-0.25, -0.2) is 9.97 Å². The van der Waals surface area contributed by atoms with Crippen LogP contribution in [0.15, 0.2) is 23.2 Å². The smallest absolute Gasteiger partial charge is 0.258 e. The number of hydrogen-bond donors (Lipinski definition) is 1. The summed E-state index contributed by atoms with van der Waals surface area (Å²) in [6.45, 7) is 3.49. The van der Waals surface area contributed by atoms with E-state index in [0.29, 0.717) is 22.7 Å². The number of carbonyl (C=O) groups is 1. The van der Waals surface area contributed by atoms with Crippen LogP contribution in [0.1, 0.15) is 21.8 Å². The third-order valence-electron chi connectivity index (χ3n) is 2.09. The normalized spacial score (nSPS) is 10.1. The van der Waals surface area contributed by atoms with Gasteiger partial charge >= 0.3 is 0 Å². The first-order valence-electron chi connectivity index (χ1n) is 4.67. The number of carbonyl (C=O) groups excluding carboxylic acids is 1. The molecule has 1 N–H and O–H groups in total. The predicted molar refractivity (Wildman–Crippen MR) is 56.0 cm³/mol. The third kappa shape index (κ3) is 1.90. The van der Waals surface area contributed by atoms with Crippen LogP contribution in [0.2, 0.25) is 0 Å². The molecule has 0 unspecified atom stereocenters. The second kappa shape index (κ2) is 4.09. The van der Waals surface area contributed by atoms with E-state index in [1.165, 1.54) is 18.7 Å². The Kier molecular flexibility index (Phi) is 2.63. The van der Waals surface area contributed by atoms with Crippen molar-refractivity contribution in [1.29, 1.82) is 0 Å². The molecular formula is C10H10N4O2. The quantitative estimate of drug-likeness (QED) is 0.822. The second-order valence-electron chi connectivity index (χ2n) is 3.28. The number of nitrogens with one attached hydrogen (secondary N) is 1. The Labute approximate surface area is 91.7 Å². The molecule has 0 saturated heterocycles. The van der Waals surface area contributed by atoms with E-state index in [4.69, 9.17) is 4.52 Å². The average Bonchev–Trinajstić information content (AvgIpc) is 2.62. The molecule has 6 heteroatoms. The van der Waals surface area contributed by atoms with Crippen LogP contribution in [0.4, 0.5) is 5.69 Å². The Morgan fingerprint density at radius 1 is 1.31 bits per heavy atom. The highest BCUT2D eigenvalue weighted by Crippen LogP contribution is 2.19. The molecule has 0 saturated carbocycles. The van der Waals surface area contributed by atoms with Crippen molar-refractivity contribution in [1.82, 2.24) is 15.1 Å². The first-order valence-corrected chi connectivity index (χ1v) is 4.67. The van der Waals surface area contributed by atoms with E-state index < -0.39 is 0 Å². The summed E-state index contributed by atoms with van der Waals surface area (Å²) in [6, 6.07) is 0. The van der Waals surface area contributed by atoms with Gasteiger partial charge in [0.1, 0.15) is 17.7 Å². The summed E-state index contributed by atoms with van der Waals surface area (Å²) in [5, 5.41) is 6.44. The van der Waals surface area contributed by atoms with Gasteiger partial charge in [0.15, 0.2) is 5.76 Å². The number of rotatable bonds is 2. The predicted octanol–water partition coefficient (Wildman–Crippen LogP) is 1.33. The summed E-state index contributed by atoms with van der Waals surface area (Å²) in [6.07, 6.45) is 4.26. The molecule has 2 aromatic rings. The van der Waals surface area contributed by atoms with Crippen LogP contribution in [-0.2, 0) is 0 Å². The zero-order chi connectivity index (χ0) is 11.5. The van der Waals surface area contributed by atoms with Gasteiger partial charge in [-0.2, -0.15) is 0 Å². The Morgan fingerprint density at radius 2 is 2.00 bits per heavy atom. The number of amides is 1. The van der Waals surface area contributed by atoms with E-state index >= 15 is 0 Å². The lowest BCUT2D eigenvalue weighted by Gasteiger charge is -2.02. The van der Waals surface area contributed by atoms with Crippen molar-refractivity contribution in [2.75, 3.05) is 5.32 Å². The molecule has 6 nitrogen and oxygen atoms in total. The maximum Gasteiger partial charge on any atom is 0.258 e. The summed E-state index contributed by atoms with van der Waals surface area (Å²) >= 11 is 0. The van der Waals surface area contributed by atoms with E-state index in [1.54, 1.807) is 13.8 Å². The van der Waals surface area contributed by atoms with E-state index in [2.05, 4.69) is 20.4 Å². The van der Waals surface area contributed by atoms with Gasteiger partial charge in [0.25, 0.3) is 5.91 Å². The van der Waals surface area contributed by atoms with E-state index in [1.807, 2.05) is 0 Å². The molecular weight excluding hydrogens is 208 g/mol. The second-order valence-corrected chi connectivity index (χ2v) is 3.28. The van der Waals surface area contributed by atoms with Gasteiger partial charge in [0.2, 0.25) is 0 Å². The summed E-state index contributed by atoms with van der Waals surface area (Å²) in [5.74, 6) is 0.290. The highest BCUT2D eigenvalue weighted by atomic mass is 16.5. The van der Waals surface area contributed by atoms with Crippen LogP contribution in [-0.4, -0.2) is 21.0 Å². The van der Waals surface area contributed by atoms with Crippen molar-refractivity contribution in [2.24, 2.45) is 0 Å². The lowest BCUT2D eigenvalue weighted by Crippen LogP contribution is -2.13. The molecule has 2 rings (SSSR count). The minimum absolute atomic E-state index is 0.282. The minimum Gasteiger partial charge on any atom is -0.359 e. The molecule has 0 aliphatic heterocycles. The highest BCUT2D eigenvalue weighted by molar-refractivity contribution is 6.04. The highest BCUT2D eigenvalue weighted by Gasteiger charge is 2.13. The molecule has 0 aromatic carbocycles. The van der Waals surface area contributed by atoms with E-state index in [9.17, 15) is 4.79 Å². The minimum atomic E-state index is -0.282. The Hall–Kier alpha value is -2.24. The van der Waals surface area contributed by atoms with E-state index in [-0.39, 0.29) is 5.91 Å². The van der Waals surface area contributed by atoms with Crippen molar-refractivity contribution in [3.8, 4) is 0 Å². The SMILES string of the molecule is Cc1noc(C)c1NC(=O)c1cncnc1. The molecule has 0 radical (unpaired) electrons. The average molecular weight is 218 g/mol. The molecule has 0 aliphatic carbocycles. The fourth-order valence-corrected chi connectivity index (χ4v) is 1.26. The fraction of sp³-hybridized carbons (Fsp3) is 0.200. The zero-order valence-electron chi connectivity index (χ0n) is 8.89. The maximum absolute atomic E-state index is 11.8. The Balaban J connectivity index is 2.21. The van der Waals surface area contributed by atoms with Gasteiger partial charge in [0.05, 0.1) is 5.56 Å². The van der Waals surface area contributed by atoms with Gasteiger partial charge in [0, 0.05) is 12.4 Å². The van der Waals surface area contributed by atoms with Crippen molar-refractivity contribution >= 4 is 11.6 Å². The molecule has 0 atom stereocenters. The Morgan fingerprint density at radius 3 is 2.56 bits per heavy atom. The van der Waals surface area contributed by atoms with Gasteiger partial charge in [-0.3, -0.25) is 4.79 Å². The summed E-state index contributed by atoms with van der Waals surface area (Å²) in [4.78, 5) is 19.3. The van der Waals surface area contributed by atoms with Gasteiger partial charge < -0.3 is 9.84 Å². The molecule has 1 amide bonds. The molecule has 0 bridgehead atoms. The lowest BCUT2D eigenvalue weighted by atomic mass is 10.3. The van der Waals surface area contributed by atoms with Crippen LogP contribution in [0.5, 0.6) is 0 Å². The van der Waals surface area contributed by atoms with Crippen molar-refractivity contribution in [2.45, 2.75) is 13.8 Å². The first kappa shape index (κ1) is 10.3. The van der Waals surface area contributed by atoms with E-state index in [0.717, 1.165) is 0 Å². The Bertz CT molecular complexity index is 487. The largest absolute Gasteiger partial charge is 0.359 e. The molecule has 16 heavy (non-hydrogen) atoms. The molecule has 0 spiro atoms. The zero-order valence-corrected chi connectivity index (χ0v) is 8.89. The van der Waals surface area contributed by atoms with Gasteiger partial charge in [-0.1, -0.05) is 5.16 Å². The van der Waals surface area contributed by atoms with Crippen LogP contribution in [0, 0.1) is 13.8 Å². The van der Waals surface area contributed by atoms with Crippen LogP contribution >= 0.6 is 0 Å². The lowest BCUT2D eigenvalue weighted by molar-refractivity contribution is 0.102. The van der Waals surface area contributed by atoms with Gasteiger partial charge in [-0.15, -0.1) is 0 Å². The van der Waals surface area contributed by atoms with Crippen molar-refractivity contribution in [3.05, 3.63) is 35.7 Å². The number of aryl methyl sites for hydroxylation is 2. The van der Waals surface area contributed by atoms with Gasteiger partial charge in [-0.05, 0) is 13.8 Å². The van der Waals surface area contributed by atoms with Crippen molar-refractivity contribution < 1.29 is 9.32 Å². The molecule has 0 fully saturated rings. The number of aromatic nitrogens is 3. The topological polar surface area (TPSA) is 80.9 Å². The summed E-state index contributed by atoms with van der Waals surface area (Å²) in [5.41, 5.74) is 1.62. The number of nitrogens with zero attached hydrogens (tertiary/aromatic N) is 3. The summed E-state index contributed by atoms with van der Waals surface area (Å²) in [7, 11) is 0. The maximum atomic E-state index is 11.8. The monoisotopic (exact) mass is 218 g/mol. The first-order chi connectivity index (χ1) is 7.68. The molecule has 0 aliphatic rings. The van der Waals surface area contributed by atoms with Crippen molar-refractivity contribution in [3.63, 3.8) is 0 Å². The number of hydrogen-bond acceptors (Lipinski definition) is 5. The van der Waals surface area contributed by atoms with Crippen LogP contribution < -0.4 is 5.32 Å². The summed E-state index contributed by atoms with van der Waals surface area (Å²) < 4.78 is 4.94. The molecule has 2 heterocycles.